The summed E-state index contributed by atoms with van der Waals surface area (Å²) in [5.74, 6) is 0.838. The molecule has 0 N–H and O–H groups in total. The highest BCUT2D eigenvalue weighted by Crippen LogP contribution is 2.33. The Morgan fingerprint density at radius 3 is 2.44 bits per heavy atom. The lowest BCUT2D eigenvalue weighted by Gasteiger charge is -2.33. The fourth-order valence-corrected chi connectivity index (χ4v) is 3.73. The van der Waals surface area contributed by atoms with Crippen LogP contribution in [0.3, 0.4) is 0 Å². The van der Waals surface area contributed by atoms with Crippen LogP contribution in [0.4, 0.5) is 5.69 Å². The fraction of sp³-hybridized carbons (Fsp3) is 0.348. The Labute approximate surface area is 150 Å². The van der Waals surface area contributed by atoms with E-state index < -0.39 is 0 Å². The zero-order valence-electron chi connectivity index (χ0n) is 15.2. The number of fused-ring (bicyclic) bond motifs is 1. The summed E-state index contributed by atoms with van der Waals surface area (Å²) in [5.41, 5.74) is 6.08. The van der Waals surface area contributed by atoms with Gasteiger partial charge in [-0.05, 0) is 42.9 Å². The van der Waals surface area contributed by atoms with E-state index >= 15 is 0 Å². The maximum Gasteiger partial charge on any atom is 0.0730 e. The van der Waals surface area contributed by atoms with Crippen molar-refractivity contribution in [3.05, 3.63) is 60.2 Å². The van der Waals surface area contributed by atoms with E-state index in [9.17, 15) is 0 Å². The molecular weight excluding hydrogens is 304 g/mol. The molecular formula is C23H26N2. The Bertz CT molecular complexity index is 859. The van der Waals surface area contributed by atoms with Crippen LogP contribution in [-0.2, 0) is 6.42 Å². The maximum atomic E-state index is 4.94. The summed E-state index contributed by atoms with van der Waals surface area (Å²) >= 11 is 0. The second kappa shape index (κ2) is 6.87. The molecule has 0 spiro atoms. The summed E-state index contributed by atoms with van der Waals surface area (Å²) in [6.07, 6.45) is 3.62. The molecule has 0 atom stereocenters. The van der Waals surface area contributed by atoms with E-state index in [1.165, 1.54) is 35.0 Å². The van der Waals surface area contributed by atoms with Crippen molar-refractivity contribution in [3.8, 4) is 11.3 Å². The first kappa shape index (κ1) is 16.1. The van der Waals surface area contributed by atoms with Crippen molar-refractivity contribution in [1.29, 1.82) is 0 Å². The van der Waals surface area contributed by atoms with Gasteiger partial charge in [-0.1, -0.05) is 56.3 Å². The van der Waals surface area contributed by atoms with Crippen molar-refractivity contribution in [3.63, 3.8) is 0 Å². The molecule has 1 aliphatic heterocycles. The molecule has 1 aliphatic rings. The molecule has 0 saturated carbocycles. The van der Waals surface area contributed by atoms with Gasteiger partial charge in [0.05, 0.1) is 11.2 Å². The van der Waals surface area contributed by atoms with E-state index in [4.69, 9.17) is 4.98 Å². The molecule has 2 nitrogen and oxygen atoms in total. The molecule has 1 fully saturated rings. The molecule has 0 aliphatic carbocycles. The van der Waals surface area contributed by atoms with Crippen LogP contribution in [0, 0.1) is 5.92 Å². The number of hydrogen-bond donors (Lipinski definition) is 0. The molecule has 2 aromatic carbocycles. The highest BCUT2D eigenvalue weighted by Gasteiger charge is 2.19. The van der Waals surface area contributed by atoms with E-state index in [-0.39, 0.29) is 0 Å². The van der Waals surface area contributed by atoms with Crippen LogP contribution in [0.5, 0.6) is 0 Å². The predicted molar refractivity (Wildman–Crippen MR) is 107 cm³/mol. The quantitative estimate of drug-likeness (QED) is 0.612. The first-order chi connectivity index (χ1) is 12.2. The first-order valence-corrected chi connectivity index (χ1v) is 9.48. The van der Waals surface area contributed by atoms with Crippen LogP contribution in [0.25, 0.3) is 22.2 Å². The number of hydrogen-bond acceptors (Lipinski definition) is 2. The van der Waals surface area contributed by atoms with Crippen LogP contribution in [-0.4, -0.2) is 18.1 Å². The standard InChI is InChI=1S/C23H26N2/c1-3-18-8-10-19(11-9-18)22-16-23(25-14-12-17(2)13-15-25)20-6-4-5-7-21(20)24-22/h4-11,16-17H,3,12-15H2,1-2H3. The summed E-state index contributed by atoms with van der Waals surface area (Å²) < 4.78 is 0. The highest BCUT2D eigenvalue weighted by molar-refractivity contribution is 5.94. The van der Waals surface area contributed by atoms with Gasteiger partial charge in [-0.25, -0.2) is 4.98 Å². The third-order valence-corrected chi connectivity index (χ3v) is 5.48. The van der Waals surface area contributed by atoms with E-state index in [1.807, 2.05) is 0 Å². The average Bonchev–Trinajstić information content (AvgIpc) is 2.68. The molecule has 25 heavy (non-hydrogen) atoms. The van der Waals surface area contributed by atoms with Crippen molar-refractivity contribution in [2.75, 3.05) is 18.0 Å². The van der Waals surface area contributed by atoms with Crippen molar-refractivity contribution in [2.24, 2.45) is 5.92 Å². The summed E-state index contributed by atoms with van der Waals surface area (Å²) in [6, 6.07) is 19.7. The Balaban J connectivity index is 1.80. The SMILES string of the molecule is CCc1ccc(-c2cc(N3CCC(C)CC3)c3ccccc3n2)cc1. The lowest BCUT2D eigenvalue weighted by molar-refractivity contribution is 0.439. The zero-order valence-corrected chi connectivity index (χ0v) is 15.2. The van der Waals surface area contributed by atoms with Crippen molar-refractivity contribution in [1.82, 2.24) is 4.98 Å². The van der Waals surface area contributed by atoms with Crippen LogP contribution >= 0.6 is 0 Å². The van der Waals surface area contributed by atoms with Gasteiger partial charge in [0.1, 0.15) is 0 Å². The molecule has 2 heterocycles. The van der Waals surface area contributed by atoms with Crippen molar-refractivity contribution in [2.45, 2.75) is 33.1 Å². The number of rotatable bonds is 3. The zero-order chi connectivity index (χ0) is 17.2. The summed E-state index contributed by atoms with van der Waals surface area (Å²) in [6.45, 7) is 6.84. The molecule has 4 rings (SSSR count). The molecule has 0 radical (unpaired) electrons. The molecule has 0 unspecified atom stereocenters. The first-order valence-electron chi connectivity index (χ1n) is 9.48. The normalized spacial score (nSPS) is 15.7. The largest absolute Gasteiger partial charge is 0.371 e. The van der Waals surface area contributed by atoms with E-state index in [1.54, 1.807) is 0 Å². The van der Waals surface area contributed by atoms with Gasteiger partial charge < -0.3 is 4.90 Å². The second-order valence-corrected chi connectivity index (χ2v) is 7.26. The van der Waals surface area contributed by atoms with Gasteiger partial charge in [-0.15, -0.1) is 0 Å². The molecule has 0 bridgehead atoms. The predicted octanol–water partition coefficient (Wildman–Crippen LogP) is 5.70. The van der Waals surface area contributed by atoms with Crippen molar-refractivity contribution < 1.29 is 0 Å². The summed E-state index contributed by atoms with van der Waals surface area (Å²) in [7, 11) is 0. The topological polar surface area (TPSA) is 16.1 Å². The Morgan fingerprint density at radius 2 is 1.72 bits per heavy atom. The van der Waals surface area contributed by atoms with Crippen LogP contribution < -0.4 is 4.90 Å². The van der Waals surface area contributed by atoms with Crippen LogP contribution in [0.1, 0.15) is 32.3 Å². The Kier molecular flexibility index (Phi) is 4.44. The Morgan fingerprint density at radius 1 is 1.00 bits per heavy atom. The van der Waals surface area contributed by atoms with Gasteiger partial charge in [-0.2, -0.15) is 0 Å². The van der Waals surface area contributed by atoms with Gasteiger partial charge in [0.25, 0.3) is 0 Å². The molecule has 0 amide bonds. The summed E-state index contributed by atoms with van der Waals surface area (Å²) in [5, 5.41) is 1.27. The lowest BCUT2D eigenvalue weighted by atomic mass is 9.97. The molecule has 2 heteroatoms. The third-order valence-electron chi connectivity index (χ3n) is 5.48. The second-order valence-electron chi connectivity index (χ2n) is 7.26. The smallest absolute Gasteiger partial charge is 0.0730 e. The number of para-hydroxylation sites is 1. The van der Waals surface area contributed by atoms with Crippen LogP contribution in [0.2, 0.25) is 0 Å². The van der Waals surface area contributed by atoms with Gasteiger partial charge >= 0.3 is 0 Å². The fourth-order valence-electron chi connectivity index (χ4n) is 3.73. The van der Waals surface area contributed by atoms with Crippen LogP contribution in [0.15, 0.2) is 54.6 Å². The van der Waals surface area contributed by atoms with E-state index in [2.05, 4.69) is 73.3 Å². The van der Waals surface area contributed by atoms with E-state index in [0.29, 0.717) is 0 Å². The Hall–Kier alpha value is -2.35. The van der Waals surface area contributed by atoms with Gasteiger partial charge in [0, 0.05) is 29.7 Å². The number of pyridine rings is 1. The minimum absolute atomic E-state index is 0.838. The molecule has 1 saturated heterocycles. The molecule has 3 aromatic rings. The van der Waals surface area contributed by atoms with Gasteiger partial charge in [0.15, 0.2) is 0 Å². The van der Waals surface area contributed by atoms with Gasteiger partial charge in [-0.3, -0.25) is 0 Å². The monoisotopic (exact) mass is 330 g/mol. The third kappa shape index (κ3) is 3.26. The van der Waals surface area contributed by atoms with E-state index in [0.717, 1.165) is 36.6 Å². The molecule has 1 aromatic heterocycles. The summed E-state index contributed by atoms with van der Waals surface area (Å²) in [4.78, 5) is 7.49. The highest BCUT2D eigenvalue weighted by atomic mass is 15.1. The van der Waals surface area contributed by atoms with Crippen molar-refractivity contribution >= 4 is 16.6 Å². The maximum absolute atomic E-state index is 4.94. The number of piperidine rings is 1. The number of nitrogens with zero attached hydrogens (tertiary/aromatic N) is 2. The molecule has 128 valence electrons. The van der Waals surface area contributed by atoms with Gasteiger partial charge in [0.2, 0.25) is 0 Å². The lowest BCUT2D eigenvalue weighted by Crippen LogP contribution is -2.32. The number of benzene rings is 2. The number of aryl methyl sites for hydroxylation is 1. The minimum Gasteiger partial charge on any atom is -0.371 e. The number of anilines is 1. The average molecular weight is 330 g/mol. The number of aromatic nitrogens is 1. The minimum atomic E-state index is 0.838.